The summed E-state index contributed by atoms with van der Waals surface area (Å²) in [7, 11) is 1.63. The molecule has 0 atom stereocenters. The van der Waals surface area contributed by atoms with Gasteiger partial charge in [0.25, 0.3) is 5.91 Å². The Hall–Kier alpha value is -5.08. The first-order chi connectivity index (χ1) is 20.5. The van der Waals surface area contributed by atoms with Crippen molar-refractivity contribution in [2.45, 2.75) is 13.1 Å². The first-order valence-corrected chi connectivity index (χ1v) is 14.2. The maximum atomic E-state index is 13.8. The zero-order valence-corrected chi connectivity index (χ0v) is 23.6. The molecule has 1 saturated heterocycles. The van der Waals surface area contributed by atoms with Gasteiger partial charge in [0.15, 0.2) is 5.17 Å². The van der Waals surface area contributed by atoms with Crippen LogP contribution in [0.25, 0.3) is 17.0 Å². The van der Waals surface area contributed by atoms with Gasteiger partial charge in [0.1, 0.15) is 5.75 Å². The molecule has 1 aliphatic heterocycles. The van der Waals surface area contributed by atoms with Crippen molar-refractivity contribution in [1.29, 1.82) is 0 Å². The number of amidine groups is 1. The Balaban J connectivity index is 1.36. The van der Waals surface area contributed by atoms with Gasteiger partial charge in [0, 0.05) is 29.2 Å². The van der Waals surface area contributed by atoms with Crippen LogP contribution in [0.5, 0.6) is 5.75 Å². The Labute approximate surface area is 247 Å². The number of hydrogen-bond donors (Lipinski definition) is 1. The highest BCUT2D eigenvalue weighted by atomic mass is 32.2. The van der Waals surface area contributed by atoms with Crippen LogP contribution in [-0.2, 0) is 17.9 Å². The maximum absolute atomic E-state index is 13.8. The van der Waals surface area contributed by atoms with Crippen LogP contribution in [0.1, 0.15) is 27.0 Å². The van der Waals surface area contributed by atoms with Crippen LogP contribution < -0.4 is 4.74 Å². The number of rotatable bonds is 8. The minimum Gasteiger partial charge on any atom is -0.497 e. The summed E-state index contributed by atoms with van der Waals surface area (Å²) in [5.74, 6) is -0.314. The zero-order valence-electron chi connectivity index (χ0n) is 22.8. The van der Waals surface area contributed by atoms with E-state index in [9.17, 15) is 14.7 Å². The van der Waals surface area contributed by atoms with Gasteiger partial charge in [-0.2, -0.15) is 0 Å². The number of aromatic carboxylic acids is 1. The number of carboxylic acids is 1. The summed E-state index contributed by atoms with van der Waals surface area (Å²) in [6.07, 6.45) is 3.94. The van der Waals surface area contributed by atoms with E-state index in [0.717, 1.165) is 39.0 Å². The smallest absolute Gasteiger partial charge is 0.335 e. The molecule has 7 nitrogen and oxygen atoms in total. The number of carbonyl (C=O) groups is 2. The van der Waals surface area contributed by atoms with Crippen molar-refractivity contribution in [3.63, 3.8) is 0 Å². The standard InChI is InChI=1S/C34H27N3O4S/c1-41-28-16-14-23(15-17-28)21-37-32(38)31(42-34(37)35-27-10-3-2-4-11-27)19-26-22-36(30-13-6-5-12-29(26)30)20-24-8-7-9-25(18-24)33(39)40/h2-19,22H,20-21H2,1H3,(H,39,40)/b31-19+,35-34?. The van der Waals surface area contributed by atoms with Crippen LogP contribution in [0.4, 0.5) is 5.69 Å². The predicted octanol–water partition coefficient (Wildman–Crippen LogP) is 7.20. The van der Waals surface area contributed by atoms with Crippen molar-refractivity contribution in [2.24, 2.45) is 4.99 Å². The number of carbonyl (C=O) groups excluding carboxylic acids is 1. The SMILES string of the molecule is COc1ccc(CN2C(=O)/C(=C\c3cn(Cc4cccc(C(=O)O)c4)c4ccccc34)SC2=Nc2ccccc2)cc1. The molecule has 6 rings (SSSR count). The average molecular weight is 574 g/mol. The van der Waals surface area contributed by atoms with Crippen molar-refractivity contribution < 1.29 is 19.4 Å². The molecule has 1 aliphatic rings. The molecule has 0 saturated carbocycles. The summed E-state index contributed by atoms with van der Waals surface area (Å²) >= 11 is 1.36. The van der Waals surface area contributed by atoms with E-state index in [4.69, 9.17) is 9.73 Å². The van der Waals surface area contributed by atoms with Crippen molar-refractivity contribution >= 4 is 51.5 Å². The van der Waals surface area contributed by atoms with E-state index in [1.165, 1.54) is 11.8 Å². The van der Waals surface area contributed by atoms with Gasteiger partial charge in [-0.3, -0.25) is 9.69 Å². The first kappa shape index (κ1) is 27.1. The second-order valence-electron chi connectivity index (χ2n) is 9.81. The number of para-hydroxylation sites is 2. The van der Waals surface area contributed by atoms with E-state index in [0.29, 0.717) is 23.2 Å². The lowest BCUT2D eigenvalue weighted by molar-refractivity contribution is -0.122. The number of carboxylic acid groups (broad SMARTS) is 1. The third kappa shape index (κ3) is 5.70. The molecule has 0 spiro atoms. The van der Waals surface area contributed by atoms with Crippen LogP contribution in [0.2, 0.25) is 0 Å². The largest absolute Gasteiger partial charge is 0.497 e. The third-order valence-electron chi connectivity index (χ3n) is 7.00. The summed E-state index contributed by atoms with van der Waals surface area (Å²) in [5, 5.41) is 11.0. The third-order valence-corrected chi connectivity index (χ3v) is 8.01. The molecule has 1 aromatic heterocycles. The van der Waals surface area contributed by atoms with E-state index in [1.807, 2.05) is 97.2 Å². The molecule has 5 aromatic rings. The van der Waals surface area contributed by atoms with Crippen molar-refractivity contribution in [1.82, 2.24) is 9.47 Å². The van der Waals surface area contributed by atoms with Crippen molar-refractivity contribution in [2.75, 3.05) is 7.11 Å². The van der Waals surface area contributed by atoms with Crippen LogP contribution >= 0.6 is 11.8 Å². The predicted molar refractivity (Wildman–Crippen MR) is 167 cm³/mol. The normalized spacial score (nSPS) is 15.2. The number of nitrogens with zero attached hydrogens (tertiary/aromatic N) is 3. The van der Waals surface area contributed by atoms with Gasteiger partial charge < -0.3 is 14.4 Å². The van der Waals surface area contributed by atoms with E-state index < -0.39 is 5.97 Å². The Bertz CT molecular complexity index is 1840. The summed E-state index contributed by atoms with van der Waals surface area (Å²) < 4.78 is 7.37. The fourth-order valence-corrected chi connectivity index (χ4v) is 5.91. The maximum Gasteiger partial charge on any atom is 0.335 e. The number of benzene rings is 4. The monoisotopic (exact) mass is 573 g/mol. The second-order valence-corrected chi connectivity index (χ2v) is 10.8. The number of fused-ring (bicyclic) bond motifs is 1. The van der Waals surface area contributed by atoms with E-state index in [1.54, 1.807) is 30.2 Å². The molecule has 1 N–H and O–H groups in total. The molecule has 0 radical (unpaired) electrons. The van der Waals surface area contributed by atoms with Gasteiger partial charge in [-0.05, 0) is 71.4 Å². The fraction of sp³-hybridized carbons (Fsp3) is 0.0882. The van der Waals surface area contributed by atoms with Gasteiger partial charge in [0.2, 0.25) is 0 Å². The molecule has 0 unspecified atom stereocenters. The molecule has 4 aromatic carbocycles. The van der Waals surface area contributed by atoms with Crippen LogP contribution in [-0.4, -0.2) is 38.7 Å². The molecule has 1 fully saturated rings. The molecule has 1 amide bonds. The lowest BCUT2D eigenvalue weighted by Gasteiger charge is -2.16. The first-order valence-electron chi connectivity index (χ1n) is 13.4. The fourth-order valence-electron chi connectivity index (χ4n) is 4.92. The number of methoxy groups -OCH3 is 1. The molecule has 0 aliphatic carbocycles. The molecule has 42 heavy (non-hydrogen) atoms. The van der Waals surface area contributed by atoms with Gasteiger partial charge in [0.05, 0.1) is 29.8 Å². The van der Waals surface area contributed by atoms with Crippen molar-refractivity contribution in [3.05, 3.63) is 136 Å². The highest BCUT2D eigenvalue weighted by molar-refractivity contribution is 8.18. The lowest BCUT2D eigenvalue weighted by atomic mass is 10.1. The van der Waals surface area contributed by atoms with Gasteiger partial charge in [-0.15, -0.1) is 0 Å². The average Bonchev–Trinajstić information content (AvgIpc) is 3.50. The summed E-state index contributed by atoms with van der Waals surface area (Å²) in [6, 6.07) is 32.2. The van der Waals surface area contributed by atoms with Gasteiger partial charge in [-0.1, -0.05) is 60.7 Å². The van der Waals surface area contributed by atoms with E-state index in [2.05, 4.69) is 4.57 Å². The highest BCUT2D eigenvalue weighted by Crippen LogP contribution is 2.37. The number of thioether (sulfide) groups is 1. The quantitative estimate of drug-likeness (QED) is 0.199. The summed E-state index contributed by atoms with van der Waals surface area (Å²) in [5.41, 5.74) is 4.77. The molecule has 0 bridgehead atoms. The number of ether oxygens (including phenoxy) is 1. The summed E-state index contributed by atoms with van der Waals surface area (Å²) in [4.78, 5) is 32.4. The molecular formula is C34H27N3O4S. The number of aliphatic imine (C=N–C) groups is 1. The Morgan fingerprint density at radius 3 is 2.43 bits per heavy atom. The van der Waals surface area contributed by atoms with Gasteiger partial charge >= 0.3 is 5.97 Å². The minimum absolute atomic E-state index is 0.114. The van der Waals surface area contributed by atoms with Crippen molar-refractivity contribution in [3.8, 4) is 5.75 Å². The Morgan fingerprint density at radius 2 is 1.67 bits per heavy atom. The Morgan fingerprint density at radius 1 is 0.905 bits per heavy atom. The van der Waals surface area contributed by atoms with Crippen LogP contribution in [0.3, 0.4) is 0 Å². The number of amides is 1. The lowest BCUT2D eigenvalue weighted by Crippen LogP contribution is -2.28. The Kier molecular flexibility index (Phi) is 7.62. The van der Waals surface area contributed by atoms with Crippen LogP contribution in [0.15, 0.2) is 119 Å². The van der Waals surface area contributed by atoms with Gasteiger partial charge in [-0.25, -0.2) is 9.79 Å². The molecule has 208 valence electrons. The highest BCUT2D eigenvalue weighted by Gasteiger charge is 2.33. The second kappa shape index (κ2) is 11.8. The molecule has 2 heterocycles. The minimum atomic E-state index is -0.955. The summed E-state index contributed by atoms with van der Waals surface area (Å²) in [6.45, 7) is 0.872. The van der Waals surface area contributed by atoms with E-state index >= 15 is 0 Å². The molecular weight excluding hydrogens is 546 g/mol. The van der Waals surface area contributed by atoms with Crippen LogP contribution in [0, 0.1) is 0 Å². The molecule has 8 heteroatoms. The topological polar surface area (TPSA) is 84.1 Å². The number of aromatic nitrogens is 1. The zero-order chi connectivity index (χ0) is 29.1. The van der Waals surface area contributed by atoms with E-state index in [-0.39, 0.29) is 11.5 Å². The number of hydrogen-bond acceptors (Lipinski definition) is 5.